The molecule has 1 fully saturated rings. The first kappa shape index (κ1) is 21.1. The molecule has 4 aromatic heterocycles. The summed E-state index contributed by atoms with van der Waals surface area (Å²) in [5.74, 6) is 0.552. The molecule has 0 amide bonds. The van der Waals surface area contributed by atoms with Crippen LogP contribution in [0.3, 0.4) is 0 Å². The highest BCUT2D eigenvalue weighted by Gasteiger charge is 2.25. The van der Waals surface area contributed by atoms with Crippen LogP contribution in [0.5, 0.6) is 0 Å². The van der Waals surface area contributed by atoms with Gasteiger partial charge in [-0.1, -0.05) is 6.07 Å². The minimum Gasteiger partial charge on any atom is -0.399 e. The molecule has 0 unspecified atom stereocenters. The molecule has 5 heterocycles. The Bertz CT molecular complexity index is 1640. The third-order valence-corrected chi connectivity index (χ3v) is 6.79. The van der Waals surface area contributed by atoms with Crippen molar-refractivity contribution in [2.75, 3.05) is 23.7 Å². The number of hydrogen-bond acceptors (Lipinski definition) is 7. The molecular formula is C25H24N8O2. The summed E-state index contributed by atoms with van der Waals surface area (Å²) in [6.45, 7) is 1.42. The van der Waals surface area contributed by atoms with Crippen molar-refractivity contribution in [3.8, 4) is 0 Å². The zero-order valence-electron chi connectivity index (χ0n) is 19.2. The number of imidazole rings is 1. The third-order valence-electron chi connectivity index (χ3n) is 6.79. The number of ketones is 1. The summed E-state index contributed by atoms with van der Waals surface area (Å²) in [6, 6.07) is 11.1. The van der Waals surface area contributed by atoms with E-state index in [1.54, 1.807) is 18.3 Å². The lowest BCUT2D eigenvalue weighted by Crippen LogP contribution is -2.37. The number of carbonyl (C=O) groups is 1. The molecule has 1 aliphatic rings. The zero-order chi connectivity index (χ0) is 24.1. The van der Waals surface area contributed by atoms with Gasteiger partial charge in [-0.25, -0.2) is 19.7 Å². The molecule has 0 radical (unpaired) electrons. The molecule has 1 saturated heterocycles. The van der Waals surface area contributed by atoms with Crippen molar-refractivity contribution in [3.63, 3.8) is 0 Å². The minimum absolute atomic E-state index is 0.0720. The van der Waals surface area contributed by atoms with Crippen molar-refractivity contribution in [2.45, 2.75) is 18.9 Å². The fraction of sp³-hybridized carbons (Fsp3) is 0.240. The Kier molecular flexibility index (Phi) is 4.87. The molecule has 0 atom stereocenters. The highest BCUT2D eigenvalue weighted by Crippen LogP contribution is 2.28. The van der Waals surface area contributed by atoms with Crippen LogP contribution in [0.4, 0.5) is 11.5 Å². The Labute approximate surface area is 200 Å². The number of nitrogen functional groups attached to an aromatic ring is 1. The smallest absolute Gasteiger partial charge is 0.327 e. The fourth-order valence-electron chi connectivity index (χ4n) is 5.04. The maximum atomic E-state index is 13.4. The van der Waals surface area contributed by atoms with Gasteiger partial charge in [0.25, 0.3) is 0 Å². The molecule has 0 aliphatic carbocycles. The van der Waals surface area contributed by atoms with Crippen LogP contribution in [-0.2, 0) is 7.05 Å². The van der Waals surface area contributed by atoms with Crippen molar-refractivity contribution in [1.82, 2.24) is 29.1 Å². The normalized spacial score (nSPS) is 14.7. The van der Waals surface area contributed by atoms with Gasteiger partial charge in [-0.2, -0.15) is 0 Å². The number of anilines is 2. The van der Waals surface area contributed by atoms with Crippen LogP contribution in [0, 0.1) is 0 Å². The van der Waals surface area contributed by atoms with Gasteiger partial charge in [0.2, 0.25) is 5.78 Å². The highest BCUT2D eigenvalue weighted by molar-refractivity contribution is 6.16. The quantitative estimate of drug-likeness (QED) is 0.307. The molecule has 35 heavy (non-hydrogen) atoms. The first-order valence-corrected chi connectivity index (χ1v) is 11.5. The van der Waals surface area contributed by atoms with Gasteiger partial charge >= 0.3 is 5.69 Å². The number of nitrogens with two attached hydrogens (primary N) is 1. The summed E-state index contributed by atoms with van der Waals surface area (Å²) in [5, 5.41) is 0.839. The molecule has 176 valence electrons. The summed E-state index contributed by atoms with van der Waals surface area (Å²) >= 11 is 0. The number of aromatic nitrogens is 6. The number of pyridine rings is 1. The van der Waals surface area contributed by atoms with E-state index >= 15 is 0 Å². The average molecular weight is 469 g/mol. The second-order valence-electron chi connectivity index (χ2n) is 8.91. The lowest BCUT2D eigenvalue weighted by atomic mass is 10.0. The summed E-state index contributed by atoms with van der Waals surface area (Å²) < 4.78 is 3.70. The lowest BCUT2D eigenvalue weighted by Gasteiger charge is -2.33. The fourth-order valence-corrected chi connectivity index (χ4v) is 5.04. The first-order chi connectivity index (χ1) is 17.0. The molecule has 1 aliphatic heterocycles. The van der Waals surface area contributed by atoms with Crippen LogP contribution in [0.2, 0.25) is 0 Å². The Balaban J connectivity index is 1.24. The number of aryl methyl sites for hydroxylation is 1. The van der Waals surface area contributed by atoms with Crippen LogP contribution < -0.4 is 16.3 Å². The van der Waals surface area contributed by atoms with Gasteiger partial charge in [-0.05, 0) is 37.1 Å². The zero-order valence-corrected chi connectivity index (χ0v) is 19.2. The van der Waals surface area contributed by atoms with Crippen LogP contribution in [0.25, 0.3) is 22.1 Å². The van der Waals surface area contributed by atoms with Gasteiger partial charge in [0.05, 0.1) is 11.0 Å². The summed E-state index contributed by atoms with van der Waals surface area (Å²) in [6.07, 6.45) is 6.48. The molecule has 1 aromatic carbocycles. The maximum absolute atomic E-state index is 13.4. The van der Waals surface area contributed by atoms with Crippen molar-refractivity contribution < 1.29 is 4.79 Å². The second-order valence-corrected chi connectivity index (χ2v) is 8.91. The molecule has 0 saturated carbocycles. The molecule has 0 spiro atoms. The Morgan fingerprint density at radius 1 is 1.09 bits per heavy atom. The topological polar surface area (TPSA) is 128 Å². The first-order valence-electron chi connectivity index (χ1n) is 11.5. The molecule has 5 aromatic rings. The second kappa shape index (κ2) is 8.08. The molecule has 10 nitrogen and oxygen atoms in total. The van der Waals surface area contributed by atoms with Gasteiger partial charge < -0.3 is 15.2 Å². The van der Waals surface area contributed by atoms with Gasteiger partial charge in [0.15, 0.2) is 5.65 Å². The van der Waals surface area contributed by atoms with Crippen molar-refractivity contribution >= 4 is 39.4 Å². The number of nitrogens with one attached hydrogen (secondary N) is 1. The van der Waals surface area contributed by atoms with E-state index in [1.807, 2.05) is 46.6 Å². The molecule has 0 bridgehead atoms. The van der Waals surface area contributed by atoms with Crippen molar-refractivity contribution in [3.05, 3.63) is 76.9 Å². The number of H-pyrrole nitrogens is 1. The van der Waals surface area contributed by atoms with Gasteiger partial charge in [0.1, 0.15) is 17.8 Å². The number of rotatable bonds is 4. The number of piperidine rings is 1. The average Bonchev–Trinajstić information content (AvgIpc) is 3.39. The Morgan fingerprint density at radius 2 is 1.91 bits per heavy atom. The van der Waals surface area contributed by atoms with Crippen molar-refractivity contribution in [1.29, 1.82) is 0 Å². The van der Waals surface area contributed by atoms with Crippen LogP contribution in [0.1, 0.15) is 34.9 Å². The lowest BCUT2D eigenvalue weighted by molar-refractivity contribution is 0.103. The van der Waals surface area contributed by atoms with Gasteiger partial charge in [-0.15, -0.1) is 0 Å². The number of benzene rings is 1. The largest absolute Gasteiger partial charge is 0.399 e. The van der Waals surface area contributed by atoms with Crippen molar-refractivity contribution in [2.24, 2.45) is 7.05 Å². The number of aromatic amines is 1. The predicted octanol–water partition coefficient (Wildman–Crippen LogP) is 2.66. The van der Waals surface area contributed by atoms with E-state index in [2.05, 4.69) is 24.8 Å². The Hall–Kier alpha value is -4.47. The van der Waals surface area contributed by atoms with E-state index in [4.69, 9.17) is 5.73 Å². The summed E-state index contributed by atoms with van der Waals surface area (Å²) in [5.41, 5.74) is 9.69. The van der Waals surface area contributed by atoms with E-state index in [1.165, 1.54) is 6.33 Å². The third kappa shape index (κ3) is 3.54. The monoisotopic (exact) mass is 468 g/mol. The van der Waals surface area contributed by atoms with E-state index in [-0.39, 0.29) is 17.5 Å². The number of fused-ring (bicyclic) bond motifs is 2. The van der Waals surface area contributed by atoms with Crippen LogP contribution >= 0.6 is 0 Å². The van der Waals surface area contributed by atoms with Crippen LogP contribution in [0.15, 0.2) is 59.9 Å². The van der Waals surface area contributed by atoms with E-state index < -0.39 is 0 Å². The molecule has 6 rings (SSSR count). The number of nitrogens with zero attached hydrogens (tertiary/aromatic N) is 6. The van der Waals surface area contributed by atoms with Gasteiger partial charge in [0, 0.05) is 61.3 Å². The molecule has 3 N–H and O–H groups in total. The minimum atomic E-state index is -0.156. The number of hydrogen-bond donors (Lipinski definition) is 2. The molecular weight excluding hydrogens is 444 g/mol. The summed E-state index contributed by atoms with van der Waals surface area (Å²) in [7, 11) is 1.89. The Morgan fingerprint density at radius 3 is 2.74 bits per heavy atom. The molecule has 10 heteroatoms. The summed E-state index contributed by atoms with van der Waals surface area (Å²) in [4.78, 5) is 43.8. The highest BCUT2D eigenvalue weighted by atomic mass is 16.1. The van der Waals surface area contributed by atoms with E-state index in [0.717, 1.165) is 29.3 Å². The maximum Gasteiger partial charge on any atom is 0.327 e. The van der Waals surface area contributed by atoms with E-state index in [0.29, 0.717) is 41.5 Å². The van der Waals surface area contributed by atoms with E-state index in [9.17, 15) is 9.59 Å². The standard InChI is InChI=1S/C25H24N8O2/c1-31-13-18(17-5-4-15(26)11-21(17)31)23(34)19-12-22(29-14-28-19)32-9-6-16(7-10-32)33-20-3-2-8-27-24(20)30-25(33)35/h2-5,8,11-14,16H,6-7,9-10,26H2,1H3,(H,27,30,35). The van der Waals surface area contributed by atoms with Crippen LogP contribution in [-0.4, -0.2) is 47.9 Å². The number of carbonyl (C=O) groups excluding carboxylic acids is 1. The predicted molar refractivity (Wildman–Crippen MR) is 134 cm³/mol. The SMILES string of the molecule is Cn1cc(C(=O)c2cc(N3CCC(n4c(=O)[nH]c5ncccc54)CC3)ncn2)c2ccc(N)cc21. The van der Waals surface area contributed by atoms with Gasteiger partial charge in [-0.3, -0.25) is 14.3 Å².